The molecule has 0 saturated carbocycles. The van der Waals surface area contributed by atoms with Gasteiger partial charge >= 0.3 is 0 Å². The molecule has 0 radical (unpaired) electrons. The molecule has 1 aromatic carbocycles. The van der Waals surface area contributed by atoms with E-state index in [9.17, 15) is 0 Å². The van der Waals surface area contributed by atoms with Gasteiger partial charge in [0.1, 0.15) is 0 Å². The first-order valence-corrected chi connectivity index (χ1v) is 5.54. The normalized spacial score (nSPS) is 12.6. The number of hydrogen-bond acceptors (Lipinski definition) is 2. The highest BCUT2D eigenvalue weighted by Crippen LogP contribution is 2.13. The number of nitrogens with one attached hydrogen (secondary N) is 2. The van der Waals surface area contributed by atoms with E-state index in [1.165, 1.54) is 11.1 Å². The molecule has 16 heavy (non-hydrogen) atoms. The number of aromatic amines is 1. The van der Waals surface area contributed by atoms with E-state index in [0.717, 1.165) is 12.2 Å². The Morgan fingerprint density at radius 2 is 2.00 bits per heavy atom. The zero-order valence-corrected chi connectivity index (χ0v) is 9.70. The van der Waals surface area contributed by atoms with Crippen LogP contribution in [0.3, 0.4) is 0 Å². The molecule has 2 aromatic rings. The van der Waals surface area contributed by atoms with Crippen LogP contribution in [0.15, 0.2) is 36.5 Å². The third kappa shape index (κ3) is 2.70. The zero-order valence-electron chi connectivity index (χ0n) is 9.70. The van der Waals surface area contributed by atoms with Gasteiger partial charge in [0.25, 0.3) is 0 Å². The molecule has 0 amide bonds. The van der Waals surface area contributed by atoms with Crippen molar-refractivity contribution in [2.45, 2.75) is 26.4 Å². The molecule has 0 aliphatic heterocycles. The topological polar surface area (TPSA) is 40.7 Å². The van der Waals surface area contributed by atoms with Crippen LogP contribution in [0.1, 0.15) is 29.8 Å². The molecule has 84 valence electrons. The maximum absolute atomic E-state index is 3.92. The fourth-order valence-electron chi connectivity index (χ4n) is 1.62. The summed E-state index contributed by atoms with van der Waals surface area (Å²) in [6.07, 6.45) is 1.77. The van der Waals surface area contributed by atoms with Gasteiger partial charge in [0, 0.05) is 24.5 Å². The van der Waals surface area contributed by atoms with Crippen LogP contribution >= 0.6 is 0 Å². The van der Waals surface area contributed by atoms with Gasteiger partial charge in [-0.05, 0) is 25.5 Å². The number of aromatic nitrogens is 2. The summed E-state index contributed by atoms with van der Waals surface area (Å²) in [6.45, 7) is 5.09. The van der Waals surface area contributed by atoms with Crippen LogP contribution in [0.25, 0.3) is 0 Å². The lowest BCUT2D eigenvalue weighted by molar-refractivity contribution is 0.567. The second-order valence-electron chi connectivity index (χ2n) is 4.10. The Bertz CT molecular complexity index is 417. The molecule has 2 rings (SSSR count). The molecule has 0 fully saturated rings. The summed E-state index contributed by atoms with van der Waals surface area (Å²) in [7, 11) is 0. The van der Waals surface area contributed by atoms with E-state index in [4.69, 9.17) is 0 Å². The average molecular weight is 215 g/mol. The Labute approximate surface area is 95.9 Å². The fraction of sp³-hybridized carbons (Fsp3) is 0.308. The summed E-state index contributed by atoms with van der Waals surface area (Å²) >= 11 is 0. The maximum atomic E-state index is 3.92. The molecule has 3 nitrogen and oxygen atoms in total. The lowest BCUT2D eigenvalue weighted by Gasteiger charge is -2.13. The van der Waals surface area contributed by atoms with Crippen LogP contribution < -0.4 is 5.32 Å². The predicted octanol–water partition coefficient (Wildman–Crippen LogP) is 2.57. The molecule has 1 aromatic heterocycles. The van der Waals surface area contributed by atoms with Gasteiger partial charge in [0.05, 0.1) is 0 Å². The van der Waals surface area contributed by atoms with Crippen molar-refractivity contribution in [2.24, 2.45) is 0 Å². The number of benzene rings is 1. The summed E-state index contributed by atoms with van der Waals surface area (Å²) in [5.41, 5.74) is 3.72. The van der Waals surface area contributed by atoms with Crippen molar-refractivity contribution in [1.82, 2.24) is 15.5 Å². The Morgan fingerprint density at radius 1 is 1.25 bits per heavy atom. The second kappa shape index (κ2) is 4.94. The van der Waals surface area contributed by atoms with Crippen LogP contribution in [-0.2, 0) is 6.54 Å². The Kier molecular flexibility index (Phi) is 3.37. The zero-order chi connectivity index (χ0) is 11.4. The standard InChI is InChI=1S/C13H17N3/c1-10-3-5-12(6-4-10)11(2)14-9-13-7-8-15-16-13/h3-8,11,14H,9H2,1-2H3,(H,15,16)/t11-/m1/s1. The Morgan fingerprint density at radius 3 is 2.62 bits per heavy atom. The SMILES string of the molecule is Cc1ccc([C@@H](C)NCc2ccn[nH]2)cc1. The highest BCUT2D eigenvalue weighted by Gasteiger charge is 2.04. The van der Waals surface area contributed by atoms with E-state index in [1.807, 2.05) is 6.07 Å². The molecule has 0 bridgehead atoms. The van der Waals surface area contributed by atoms with Crippen LogP contribution in [0.4, 0.5) is 0 Å². The van der Waals surface area contributed by atoms with E-state index in [1.54, 1.807) is 6.20 Å². The first-order valence-electron chi connectivity index (χ1n) is 5.54. The molecular weight excluding hydrogens is 198 g/mol. The second-order valence-corrected chi connectivity index (χ2v) is 4.10. The largest absolute Gasteiger partial charge is 0.305 e. The van der Waals surface area contributed by atoms with Crippen molar-refractivity contribution in [1.29, 1.82) is 0 Å². The van der Waals surface area contributed by atoms with Crippen LogP contribution in [-0.4, -0.2) is 10.2 Å². The van der Waals surface area contributed by atoms with Gasteiger partial charge in [-0.3, -0.25) is 5.10 Å². The fourth-order valence-corrected chi connectivity index (χ4v) is 1.62. The summed E-state index contributed by atoms with van der Waals surface area (Å²) in [4.78, 5) is 0. The van der Waals surface area contributed by atoms with Gasteiger partial charge in [-0.1, -0.05) is 29.8 Å². The molecule has 0 spiro atoms. The molecule has 3 heteroatoms. The highest BCUT2D eigenvalue weighted by atomic mass is 15.1. The molecule has 0 aliphatic rings. The van der Waals surface area contributed by atoms with E-state index < -0.39 is 0 Å². The molecule has 0 saturated heterocycles. The summed E-state index contributed by atoms with van der Waals surface area (Å²) in [6, 6.07) is 11.0. The summed E-state index contributed by atoms with van der Waals surface area (Å²) in [5, 5.41) is 10.3. The minimum Gasteiger partial charge on any atom is -0.305 e. The Balaban J connectivity index is 1.93. The number of rotatable bonds is 4. The summed E-state index contributed by atoms with van der Waals surface area (Å²) < 4.78 is 0. The van der Waals surface area contributed by atoms with Crippen LogP contribution in [0, 0.1) is 6.92 Å². The minimum absolute atomic E-state index is 0.351. The van der Waals surface area contributed by atoms with Crippen molar-refractivity contribution in [3.63, 3.8) is 0 Å². The van der Waals surface area contributed by atoms with Crippen LogP contribution in [0.2, 0.25) is 0 Å². The van der Waals surface area contributed by atoms with Gasteiger partial charge < -0.3 is 5.32 Å². The lowest BCUT2D eigenvalue weighted by Crippen LogP contribution is -2.18. The highest BCUT2D eigenvalue weighted by molar-refractivity contribution is 5.23. The van der Waals surface area contributed by atoms with Crippen molar-refractivity contribution >= 4 is 0 Å². The third-order valence-electron chi connectivity index (χ3n) is 2.73. The minimum atomic E-state index is 0.351. The average Bonchev–Trinajstić information content (AvgIpc) is 2.80. The van der Waals surface area contributed by atoms with E-state index in [2.05, 4.69) is 53.6 Å². The van der Waals surface area contributed by atoms with E-state index in [-0.39, 0.29) is 0 Å². The maximum Gasteiger partial charge on any atom is 0.0490 e. The van der Waals surface area contributed by atoms with Gasteiger partial charge in [0.2, 0.25) is 0 Å². The Hall–Kier alpha value is -1.61. The van der Waals surface area contributed by atoms with Crippen molar-refractivity contribution in [3.05, 3.63) is 53.3 Å². The molecule has 1 atom stereocenters. The number of H-pyrrole nitrogens is 1. The monoisotopic (exact) mass is 215 g/mol. The quantitative estimate of drug-likeness (QED) is 0.823. The van der Waals surface area contributed by atoms with Gasteiger partial charge in [-0.15, -0.1) is 0 Å². The molecule has 1 heterocycles. The van der Waals surface area contributed by atoms with Gasteiger partial charge in [0.15, 0.2) is 0 Å². The van der Waals surface area contributed by atoms with Gasteiger partial charge in [-0.25, -0.2) is 0 Å². The summed E-state index contributed by atoms with van der Waals surface area (Å²) in [5.74, 6) is 0. The lowest BCUT2D eigenvalue weighted by atomic mass is 10.1. The third-order valence-corrected chi connectivity index (χ3v) is 2.73. The van der Waals surface area contributed by atoms with E-state index in [0.29, 0.717) is 6.04 Å². The first-order chi connectivity index (χ1) is 7.75. The smallest absolute Gasteiger partial charge is 0.0490 e. The molecule has 0 aliphatic carbocycles. The van der Waals surface area contributed by atoms with Crippen LogP contribution in [0.5, 0.6) is 0 Å². The molecule has 2 N–H and O–H groups in total. The van der Waals surface area contributed by atoms with Crippen molar-refractivity contribution in [3.8, 4) is 0 Å². The number of hydrogen-bond donors (Lipinski definition) is 2. The predicted molar refractivity (Wildman–Crippen MR) is 65.0 cm³/mol. The first kappa shape index (κ1) is 10.9. The van der Waals surface area contributed by atoms with Crippen molar-refractivity contribution in [2.75, 3.05) is 0 Å². The molecule has 0 unspecified atom stereocenters. The van der Waals surface area contributed by atoms with Gasteiger partial charge in [-0.2, -0.15) is 5.10 Å². The van der Waals surface area contributed by atoms with Crippen molar-refractivity contribution < 1.29 is 0 Å². The van der Waals surface area contributed by atoms with E-state index >= 15 is 0 Å². The number of nitrogens with zero attached hydrogens (tertiary/aromatic N) is 1. The number of aryl methyl sites for hydroxylation is 1. The molecular formula is C13H17N3.